The third-order valence-electron chi connectivity index (χ3n) is 5.35. The molecule has 3 heterocycles. The quantitative estimate of drug-likeness (QED) is 0.835. The Hall–Kier alpha value is -2.97. The number of nitrogens with one attached hydrogen (secondary N) is 1. The molecule has 0 atom stereocenters. The number of rotatable bonds is 3. The van der Waals surface area contributed by atoms with E-state index in [1.807, 2.05) is 6.07 Å². The Kier molecular flexibility index (Phi) is 3.86. The minimum absolute atomic E-state index is 0.255. The predicted octanol–water partition coefficient (Wildman–Crippen LogP) is 1.26. The molecule has 1 saturated heterocycles. The summed E-state index contributed by atoms with van der Waals surface area (Å²) in [5.74, 6) is -0.498. The minimum Gasteiger partial charge on any atom is -0.313 e. The number of hydrogen-bond donors (Lipinski definition) is 1. The fraction of sp³-hybridized carbons (Fsp3) is 0.471. The van der Waals surface area contributed by atoms with Crippen LogP contribution in [0.4, 0.5) is 10.7 Å². The molecule has 0 radical (unpaired) electrons. The SMILES string of the molecule is CN1C(=O)N(CC(=O)Nc2nnc3ccccn23)C(=O)C12CCCCC2. The number of pyridine rings is 1. The number of imide groups is 1. The van der Waals surface area contributed by atoms with Crippen molar-refractivity contribution >= 4 is 29.4 Å². The number of amides is 4. The zero-order valence-electron chi connectivity index (χ0n) is 14.5. The van der Waals surface area contributed by atoms with Gasteiger partial charge >= 0.3 is 6.03 Å². The monoisotopic (exact) mass is 356 g/mol. The van der Waals surface area contributed by atoms with Gasteiger partial charge in [-0.15, -0.1) is 10.2 Å². The lowest BCUT2D eigenvalue weighted by Crippen LogP contribution is -2.49. The maximum absolute atomic E-state index is 12.9. The molecule has 9 heteroatoms. The Balaban J connectivity index is 1.50. The summed E-state index contributed by atoms with van der Waals surface area (Å²) in [6.45, 7) is -0.328. The van der Waals surface area contributed by atoms with Gasteiger partial charge in [0.2, 0.25) is 11.9 Å². The predicted molar refractivity (Wildman–Crippen MR) is 92.3 cm³/mol. The first-order chi connectivity index (χ1) is 12.5. The van der Waals surface area contributed by atoms with Crippen LogP contribution in [0.1, 0.15) is 32.1 Å². The maximum atomic E-state index is 12.9. The van der Waals surface area contributed by atoms with Gasteiger partial charge in [-0.25, -0.2) is 4.79 Å². The highest BCUT2D eigenvalue weighted by Gasteiger charge is 2.55. The summed E-state index contributed by atoms with van der Waals surface area (Å²) in [4.78, 5) is 40.4. The van der Waals surface area contributed by atoms with Crippen molar-refractivity contribution in [3.63, 3.8) is 0 Å². The van der Waals surface area contributed by atoms with Gasteiger partial charge in [0.15, 0.2) is 5.65 Å². The van der Waals surface area contributed by atoms with E-state index < -0.39 is 17.5 Å². The van der Waals surface area contributed by atoms with Crippen LogP contribution in [-0.2, 0) is 9.59 Å². The summed E-state index contributed by atoms with van der Waals surface area (Å²) in [5, 5.41) is 10.5. The van der Waals surface area contributed by atoms with Crippen molar-refractivity contribution in [1.82, 2.24) is 24.4 Å². The first-order valence-corrected chi connectivity index (χ1v) is 8.72. The number of hydrogen-bond acceptors (Lipinski definition) is 5. The van der Waals surface area contributed by atoms with Gasteiger partial charge in [0.25, 0.3) is 5.91 Å². The van der Waals surface area contributed by atoms with Crippen LogP contribution in [0.3, 0.4) is 0 Å². The Bertz CT molecular complexity index is 886. The van der Waals surface area contributed by atoms with Crippen LogP contribution in [0.2, 0.25) is 0 Å². The second-order valence-electron chi connectivity index (χ2n) is 6.83. The van der Waals surface area contributed by atoms with Crippen molar-refractivity contribution in [2.24, 2.45) is 0 Å². The van der Waals surface area contributed by atoms with Gasteiger partial charge in [0, 0.05) is 13.2 Å². The smallest absolute Gasteiger partial charge is 0.313 e. The van der Waals surface area contributed by atoms with E-state index in [1.165, 1.54) is 4.90 Å². The molecule has 0 aromatic carbocycles. The van der Waals surface area contributed by atoms with E-state index in [-0.39, 0.29) is 18.4 Å². The van der Waals surface area contributed by atoms with Crippen molar-refractivity contribution in [2.75, 3.05) is 18.9 Å². The number of urea groups is 1. The molecule has 0 bridgehead atoms. The normalized spacial score (nSPS) is 19.6. The molecule has 0 unspecified atom stereocenters. The summed E-state index contributed by atoms with van der Waals surface area (Å²) in [6.07, 6.45) is 5.92. The lowest BCUT2D eigenvalue weighted by atomic mass is 9.81. The zero-order valence-corrected chi connectivity index (χ0v) is 14.5. The highest BCUT2D eigenvalue weighted by atomic mass is 16.2. The molecule has 136 valence electrons. The van der Waals surface area contributed by atoms with Crippen LogP contribution < -0.4 is 5.32 Å². The molecule has 26 heavy (non-hydrogen) atoms. The van der Waals surface area contributed by atoms with Crippen LogP contribution in [-0.4, -0.2) is 61.4 Å². The first kappa shape index (κ1) is 16.5. The average molecular weight is 356 g/mol. The van der Waals surface area contributed by atoms with E-state index in [0.29, 0.717) is 18.5 Å². The molecule has 1 aliphatic heterocycles. The Labute approximate surface area is 150 Å². The van der Waals surface area contributed by atoms with Crippen molar-refractivity contribution in [3.05, 3.63) is 24.4 Å². The molecule has 2 fully saturated rings. The van der Waals surface area contributed by atoms with E-state index >= 15 is 0 Å². The van der Waals surface area contributed by atoms with Crippen LogP contribution in [0.25, 0.3) is 5.65 Å². The molecule has 2 aromatic heterocycles. The number of nitrogens with zero attached hydrogens (tertiary/aromatic N) is 5. The van der Waals surface area contributed by atoms with Crippen LogP contribution >= 0.6 is 0 Å². The summed E-state index contributed by atoms with van der Waals surface area (Å²) in [5.41, 5.74) is -0.186. The molecule has 4 rings (SSSR count). The Morgan fingerprint density at radius 1 is 1.19 bits per heavy atom. The van der Waals surface area contributed by atoms with Crippen LogP contribution in [0.15, 0.2) is 24.4 Å². The molecule has 1 N–H and O–H groups in total. The Morgan fingerprint density at radius 3 is 2.73 bits per heavy atom. The maximum Gasteiger partial charge on any atom is 0.327 e. The summed E-state index contributed by atoms with van der Waals surface area (Å²) < 4.78 is 1.63. The molecule has 1 saturated carbocycles. The highest BCUT2D eigenvalue weighted by Crippen LogP contribution is 2.39. The highest BCUT2D eigenvalue weighted by molar-refractivity contribution is 6.09. The summed E-state index contributed by atoms with van der Waals surface area (Å²) >= 11 is 0. The average Bonchev–Trinajstić information content (AvgIpc) is 3.13. The lowest BCUT2D eigenvalue weighted by molar-refractivity contribution is -0.136. The number of likely N-dealkylation sites (N-methyl/N-ethyl adjacent to an activating group) is 1. The van der Waals surface area contributed by atoms with E-state index in [4.69, 9.17) is 0 Å². The fourth-order valence-electron chi connectivity index (χ4n) is 3.91. The minimum atomic E-state index is -0.781. The molecule has 2 aliphatic rings. The van der Waals surface area contributed by atoms with E-state index in [2.05, 4.69) is 15.5 Å². The lowest BCUT2D eigenvalue weighted by Gasteiger charge is -2.35. The Morgan fingerprint density at radius 2 is 1.96 bits per heavy atom. The third-order valence-corrected chi connectivity index (χ3v) is 5.35. The van der Waals surface area contributed by atoms with Crippen molar-refractivity contribution in [2.45, 2.75) is 37.6 Å². The second-order valence-corrected chi connectivity index (χ2v) is 6.83. The number of anilines is 1. The van der Waals surface area contributed by atoms with Gasteiger partial charge in [-0.3, -0.25) is 24.2 Å². The van der Waals surface area contributed by atoms with E-state index in [0.717, 1.165) is 24.2 Å². The summed E-state index contributed by atoms with van der Waals surface area (Å²) in [6, 6.07) is 4.95. The number of carbonyl (C=O) groups is 3. The van der Waals surface area contributed by atoms with Crippen molar-refractivity contribution < 1.29 is 14.4 Å². The number of aromatic nitrogens is 3. The standard InChI is InChI=1S/C17H20N6O3/c1-21-16(26)23(14(25)17(21)8-4-2-5-9-17)11-13(24)18-15-20-19-12-7-3-6-10-22(12)15/h3,6-7,10H,2,4-5,8-9,11H2,1H3,(H,18,20,24). The molecule has 4 amide bonds. The third kappa shape index (κ3) is 2.42. The first-order valence-electron chi connectivity index (χ1n) is 8.72. The van der Waals surface area contributed by atoms with Gasteiger partial charge in [-0.1, -0.05) is 25.3 Å². The molecule has 1 spiro atoms. The van der Waals surface area contributed by atoms with Gasteiger partial charge in [0.05, 0.1) is 0 Å². The number of fused-ring (bicyclic) bond motifs is 1. The topological polar surface area (TPSA) is 99.9 Å². The fourth-order valence-corrected chi connectivity index (χ4v) is 3.91. The van der Waals surface area contributed by atoms with Crippen LogP contribution in [0.5, 0.6) is 0 Å². The molecule has 2 aromatic rings. The second kappa shape index (κ2) is 6.08. The number of carbonyl (C=O) groups excluding carboxylic acids is 3. The van der Waals surface area contributed by atoms with Gasteiger partial charge in [0.1, 0.15) is 12.1 Å². The zero-order chi connectivity index (χ0) is 18.3. The molecular formula is C17H20N6O3. The van der Waals surface area contributed by atoms with E-state index in [1.54, 1.807) is 29.8 Å². The molecule has 9 nitrogen and oxygen atoms in total. The van der Waals surface area contributed by atoms with E-state index in [9.17, 15) is 14.4 Å². The van der Waals surface area contributed by atoms with Crippen molar-refractivity contribution in [3.8, 4) is 0 Å². The largest absolute Gasteiger partial charge is 0.327 e. The molecular weight excluding hydrogens is 336 g/mol. The summed E-state index contributed by atoms with van der Waals surface area (Å²) in [7, 11) is 1.65. The van der Waals surface area contributed by atoms with Crippen molar-refractivity contribution in [1.29, 1.82) is 0 Å². The molecule has 1 aliphatic carbocycles. The van der Waals surface area contributed by atoms with Gasteiger partial charge < -0.3 is 4.90 Å². The van der Waals surface area contributed by atoms with Gasteiger partial charge in [-0.2, -0.15) is 0 Å². The van der Waals surface area contributed by atoms with Gasteiger partial charge in [-0.05, 0) is 25.0 Å². The van der Waals surface area contributed by atoms with Crippen LogP contribution in [0, 0.1) is 0 Å².